The summed E-state index contributed by atoms with van der Waals surface area (Å²) in [5.74, 6) is 0.477. The lowest BCUT2D eigenvalue weighted by atomic mass is 10.2. The summed E-state index contributed by atoms with van der Waals surface area (Å²) < 4.78 is 26.2. The van der Waals surface area contributed by atoms with E-state index in [1.54, 1.807) is 0 Å². The van der Waals surface area contributed by atoms with Crippen LogP contribution in [0, 0.1) is 0 Å². The Bertz CT molecular complexity index is 327. The fraction of sp³-hybridized carbons (Fsp3) is 0.714. The maximum absolute atomic E-state index is 12.5. The third-order valence-corrected chi connectivity index (χ3v) is 2.14. The molecule has 0 fully saturated rings. The van der Waals surface area contributed by atoms with Crippen LogP contribution in [0.4, 0.5) is 14.7 Å². The molecule has 0 saturated carbocycles. The molecule has 0 aromatic carbocycles. The number of aliphatic hydroxyl groups is 1. The lowest BCUT2D eigenvalue weighted by Crippen LogP contribution is -2.28. The summed E-state index contributed by atoms with van der Waals surface area (Å²) in [4.78, 5) is 3.86. The monoisotopic (exact) mass is 204 g/mol. The first-order valence-corrected chi connectivity index (χ1v) is 4.30. The van der Waals surface area contributed by atoms with E-state index in [1.165, 1.54) is 0 Å². The molecule has 0 saturated heterocycles. The molecule has 0 spiro atoms. The van der Waals surface area contributed by atoms with Gasteiger partial charge in [0.25, 0.3) is 6.43 Å². The van der Waals surface area contributed by atoms with Crippen LogP contribution in [-0.2, 0) is 6.61 Å². The van der Waals surface area contributed by atoms with Crippen molar-refractivity contribution in [2.45, 2.75) is 25.5 Å². The van der Waals surface area contributed by atoms with E-state index in [2.05, 4.69) is 15.4 Å². The highest BCUT2D eigenvalue weighted by Crippen LogP contribution is 2.26. The number of aromatic nitrogens is 3. The van der Waals surface area contributed by atoms with Crippen LogP contribution in [0.15, 0.2) is 0 Å². The summed E-state index contributed by atoms with van der Waals surface area (Å²) in [5, 5.41) is 15.4. The second-order valence-electron chi connectivity index (χ2n) is 3.07. The van der Waals surface area contributed by atoms with Gasteiger partial charge >= 0.3 is 0 Å². The molecule has 0 radical (unpaired) electrons. The van der Waals surface area contributed by atoms with Crippen LogP contribution in [0.5, 0.6) is 0 Å². The Balaban J connectivity index is 2.33. The highest BCUT2D eigenvalue weighted by atomic mass is 19.3. The summed E-state index contributed by atoms with van der Waals surface area (Å²) in [6.45, 7) is 0.121. The second-order valence-corrected chi connectivity index (χ2v) is 3.07. The molecule has 1 aliphatic heterocycles. The summed E-state index contributed by atoms with van der Waals surface area (Å²) in [5.41, 5.74) is 0. The van der Waals surface area contributed by atoms with Gasteiger partial charge in [0.1, 0.15) is 12.6 Å². The van der Waals surface area contributed by atoms with Gasteiger partial charge in [0.15, 0.2) is 5.82 Å². The fourth-order valence-electron chi connectivity index (χ4n) is 1.47. The third-order valence-electron chi connectivity index (χ3n) is 2.14. The van der Waals surface area contributed by atoms with Gasteiger partial charge in [-0.05, 0) is 6.42 Å². The predicted octanol–water partition coefficient (Wildman–Crippen LogP) is 0.392. The molecule has 0 amide bonds. The van der Waals surface area contributed by atoms with E-state index in [9.17, 15) is 8.78 Å². The van der Waals surface area contributed by atoms with E-state index < -0.39 is 12.5 Å². The summed E-state index contributed by atoms with van der Waals surface area (Å²) in [6.07, 6.45) is -2.14. The van der Waals surface area contributed by atoms with E-state index in [1.807, 2.05) is 0 Å². The Morgan fingerprint density at radius 2 is 2.43 bits per heavy atom. The number of fused-ring (bicyclic) bond motifs is 1. The Morgan fingerprint density at radius 1 is 1.64 bits per heavy atom. The highest BCUT2D eigenvalue weighted by Gasteiger charge is 2.29. The molecule has 1 aliphatic rings. The number of rotatable bonds is 2. The fourth-order valence-corrected chi connectivity index (χ4v) is 1.47. The minimum atomic E-state index is -2.45. The van der Waals surface area contributed by atoms with Crippen molar-refractivity contribution in [3.05, 3.63) is 5.82 Å². The number of anilines is 1. The van der Waals surface area contributed by atoms with Crippen LogP contribution in [-0.4, -0.2) is 32.8 Å². The van der Waals surface area contributed by atoms with Gasteiger partial charge in [-0.15, -0.1) is 0 Å². The van der Waals surface area contributed by atoms with Gasteiger partial charge in [-0.2, -0.15) is 10.1 Å². The van der Waals surface area contributed by atoms with Crippen molar-refractivity contribution in [1.82, 2.24) is 14.8 Å². The van der Waals surface area contributed by atoms with Gasteiger partial charge in [-0.25, -0.2) is 13.5 Å². The SMILES string of the molecule is OCc1nc2n(n1)C(C(F)F)CCN2. The molecule has 1 aromatic rings. The molecule has 0 bridgehead atoms. The van der Waals surface area contributed by atoms with Gasteiger partial charge in [0.2, 0.25) is 5.95 Å². The van der Waals surface area contributed by atoms with Crippen molar-refractivity contribution in [3.63, 3.8) is 0 Å². The lowest BCUT2D eigenvalue weighted by Gasteiger charge is -2.23. The van der Waals surface area contributed by atoms with E-state index in [-0.39, 0.29) is 12.4 Å². The number of aliphatic hydroxyl groups excluding tert-OH is 1. The zero-order valence-corrected chi connectivity index (χ0v) is 7.32. The highest BCUT2D eigenvalue weighted by molar-refractivity contribution is 5.28. The Labute approximate surface area is 78.8 Å². The van der Waals surface area contributed by atoms with Gasteiger partial charge in [-0.3, -0.25) is 0 Å². The van der Waals surface area contributed by atoms with Crippen LogP contribution in [0.1, 0.15) is 18.3 Å². The number of nitrogens with one attached hydrogen (secondary N) is 1. The standard InChI is InChI=1S/C7H10F2N4O/c8-6(9)4-1-2-10-7-11-5(3-14)12-13(4)7/h4,6,14H,1-3H2,(H,10,11,12). The molecule has 7 heteroatoms. The molecule has 0 aliphatic carbocycles. The van der Waals surface area contributed by atoms with Crippen LogP contribution >= 0.6 is 0 Å². The van der Waals surface area contributed by atoms with Crippen molar-refractivity contribution in [3.8, 4) is 0 Å². The van der Waals surface area contributed by atoms with E-state index in [0.29, 0.717) is 18.9 Å². The summed E-state index contributed by atoms with van der Waals surface area (Å²) >= 11 is 0. The molecule has 2 heterocycles. The topological polar surface area (TPSA) is 63.0 Å². The number of halogens is 2. The summed E-state index contributed by atoms with van der Waals surface area (Å²) in [7, 11) is 0. The van der Waals surface area contributed by atoms with Gasteiger partial charge < -0.3 is 10.4 Å². The van der Waals surface area contributed by atoms with Crippen LogP contribution in [0.2, 0.25) is 0 Å². The minimum absolute atomic E-state index is 0.167. The largest absolute Gasteiger partial charge is 0.388 e. The van der Waals surface area contributed by atoms with Crippen molar-refractivity contribution in [2.24, 2.45) is 0 Å². The molecule has 78 valence electrons. The van der Waals surface area contributed by atoms with E-state index in [4.69, 9.17) is 5.11 Å². The van der Waals surface area contributed by atoms with Gasteiger partial charge in [0, 0.05) is 6.54 Å². The normalized spacial score (nSPS) is 20.7. The molecule has 1 unspecified atom stereocenters. The van der Waals surface area contributed by atoms with Crippen LogP contribution < -0.4 is 5.32 Å². The number of hydrogen-bond acceptors (Lipinski definition) is 4. The maximum atomic E-state index is 12.5. The lowest BCUT2D eigenvalue weighted by molar-refractivity contribution is 0.0708. The van der Waals surface area contributed by atoms with Gasteiger partial charge in [-0.1, -0.05) is 0 Å². The number of nitrogens with zero attached hydrogens (tertiary/aromatic N) is 3. The maximum Gasteiger partial charge on any atom is 0.260 e. The molecule has 1 aromatic heterocycles. The predicted molar refractivity (Wildman–Crippen MR) is 44.1 cm³/mol. The van der Waals surface area contributed by atoms with Crippen LogP contribution in [0.25, 0.3) is 0 Å². The first-order valence-electron chi connectivity index (χ1n) is 4.30. The smallest absolute Gasteiger partial charge is 0.260 e. The third kappa shape index (κ3) is 1.43. The molecule has 14 heavy (non-hydrogen) atoms. The molecular weight excluding hydrogens is 194 g/mol. The van der Waals surface area contributed by atoms with Gasteiger partial charge in [0.05, 0.1) is 0 Å². The first kappa shape index (κ1) is 9.32. The Morgan fingerprint density at radius 3 is 3.07 bits per heavy atom. The van der Waals surface area contributed by atoms with E-state index in [0.717, 1.165) is 4.68 Å². The molecular formula is C7H10F2N4O. The number of hydrogen-bond donors (Lipinski definition) is 2. The average Bonchev–Trinajstić information content (AvgIpc) is 2.59. The second kappa shape index (κ2) is 3.49. The Hall–Kier alpha value is -1.24. The minimum Gasteiger partial charge on any atom is -0.388 e. The molecule has 5 nitrogen and oxygen atoms in total. The zero-order chi connectivity index (χ0) is 10.1. The quantitative estimate of drug-likeness (QED) is 0.731. The molecule has 2 rings (SSSR count). The molecule has 2 N–H and O–H groups in total. The number of alkyl halides is 2. The van der Waals surface area contributed by atoms with Crippen molar-refractivity contribution >= 4 is 5.95 Å². The van der Waals surface area contributed by atoms with Crippen molar-refractivity contribution < 1.29 is 13.9 Å². The van der Waals surface area contributed by atoms with Crippen molar-refractivity contribution in [1.29, 1.82) is 0 Å². The Kier molecular flexibility index (Phi) is 2.32. The first-order chi connectivity index (χ1) is 6.72. The van der Waals surface area contributed by atoms with Crippen LogP contribution in [0.3, 0.4) is 0 Å². The summed E-state index contributed by atoms with van der Waals surface area (Å²) in [6, 6.07) is -0.931. The average molecular weight is 204 g/mol. The zero-order valence-electron chi connectivity index (χ0n) is 7.32. The van der Waals surface area contributed by atoms with Crippen molar-refractivity contribution in [2.75, 3.05) is 11.9 Å². The van der Waals surface area contributed by atoms with E-state index >= 15 is 0 Å². The molecule has 1 atom stereocenters.